The second kappa shape index (κ2) is 10.8. The van der Waals surface area contributed by atoms with Crippen LogP contribution in [0.25, 0.3) is 28.0 Å². The molecule has 1 atom stereocenters. The van der Waals surface area contributed by atoms with Gasteiger partial charge in [0.1, 0.15) is 5.75 Å². The van der Waals surface area contributed by atoms with Gasteiger partial charge in [0.2, 0.25) is 0 Å². The fourth-order valence-corrected chi connectivity index (χ4v) is 11.0. The Hall–Kier alpha value is -4.30. The molecule has 2 heterocycles. The monoisotopic (exact) mass is 643 g/mol. The fourth-order valence-electron chi connectivity index (χ4n) is 11.0. The maximum absolute atomic E-state index is 7.68. The van der Waals surface area contributed by atoms with E-state index in [1.807, 2.05) is 0 Å². The van der Waals surface area contributed by atoms with Gasteiger partial charge in [-0.2, -0.15) is 0 Å². The number of piperidine rings is 1. The minimum absolute atomic E-state index is 0.0907. The van der Waals surface area contributed by atoms with Gasteiger partial charge in [-0.25, -0.2) is 0 Å². The molecule has 0 aromatic heterocycles. The number of nitrogens with zero attached hydrogens (tertiary/aromatic N) is 1. The molecule has 2 aliphatic heterocycles. The van der Waals surface area contributed by atoms with Crippen LogP contribution in [0.4, 0.5) is 5.69 Å². The summed E-state index contributed by atoms with van der Waals surface area (Å²) in [6.07, 6.45) is 12.2. The first-order chi connectivity index (χ1) is 23.6. The molecule has 0 radical (unpaired) electrons. The topological polar surface area (TPSA) is 12.5 Å². The van der Waals surface area contributed by atoms with E-state index in [9.17, 15) is 0 Å². The predicted octanol–water partition coefficient (Wildman–Crippen LogP) is 12.0. The van der Waals surface area contributed by atoms with Crippen molar-refractivity contribution in [1.82, 2.24) is 0 Å². The molecule has 49 heavy (non-hydrogen) atoms. The summed E-state index contributed by atoms with van der Waals surface area (Å²) in [6, 6.07) is 36.4. The van der Waals surface area contributed by atoms with E-state index in [0.717, 1.165) is 37.2 Å². The number of benzene rings is 5. The molecule has 1 unspecified atom stereocenters. The lowest BCUT2D eigenvalue weighted by atomic mass is 9.52. The highest BCUT2D eigenvalue weighted by Gasteiger charge is 2.55. The number of hydrogen-bond acceptors (Lipinski definition) is 2. The smallest absolute Gasteiger partial charge is 0.178 e. The van der Waals surface area contributed by atoms with E-state index in [1.54, 1.807) is 0 Å². The zero-order valence-electron chi connectivity index (χ0n) is 29.9. The Morgan fingerprint density at radius 3 is 2.02 bits per heavy atom. The van der Waals surface area contributed by atoms with Crippen molar-refractivity contribution in [3.8, 4) is 16.9 Å². The van der Waals surface area contributed by atoms with Crippen LogP contribution < -0.4 is 9.64 Å². The minimum Gasteiger partial charge on any atom is -0.472 e. The molecule has 2 nitrogen and oxygen atoms in total. The van der Waals surface area contributed by atoms with Gasteiger partial charge in [0, 0.05) is 46.3 Å². The van der Waals surface area contributed by atoms with Crippen LogP contribution in [0.2, 0.25) is 0 Å². The van der Waals surface area contributed by atoms with Crippen molar-refractivity contribution >= 4 is 22.5 Å². The summed E-state index contributed by atoms with van der Waals surface area (Å²) in [7, 11) is 0. The second-order valence-electron chi connectivity index (χ2n) is 17.2. The van der Waals surface area contributed by atoms with Crippen LogP contribution in [0, 0.1) is 17.8 Å². The third-order valence-electron chi connectivity index (χ3n) is 12.1. The standard InChI is InChI=1S/C47H49NO/c1-32-18-23-38-40(28-32)46(30-44(2,3)29-45(4,5)31-46)42-39-24-25-47(33-14-8-6-9-15-33,49-43(39)37-17-11-10-16-36(37)41(38)42)34-19-21-35(22-20-34)48-26-12-7-13-27-48/h6,8-11,14-25,28H,7,12-13,26-27,29-31H2,1-5H3. The number of ether oxygens (including phenoxy) is 1. The van der Waals surface area contributed by atoms with Crippen molar-refractivity contribution in [2.45, 2.75) is 84.2 Å². The molecule has 2 heteroatoms. The van der Waals surface area contributed by atoms with Crippen molar-refractivity contribution in [2.24, 2.45) is 10.8 Å². The molecule has 1 saturated heterocycles. The number of anilines is 1. The lowest BCUT2D eigenvalue weighted by Gasteiger charge is -2.52. The van der Waals surface area contributed by atoms with Gasteiger partial charge < -0.3 is 9.64 Å². The van der Waals surface area contributed by atoms with E-state index in [2.05, 4.69) is 149 Å². The van der Waals surface area contributed by atoms with Gasteiger partial charge in [0.15, 0.2) is 5.60 Å². The summed E-state index contributed by atoms with van der Waals surface area (Å²) in [5.41, 5.74) is 11.6. The van der Waals surface area contributed by atoms with Gasteiger partial charge in [-0.15, -0.1) is 0 Å². The molecule has 4 aliphatic rings. The average molecular weight is 644 g/mol. The molecule has 9 rings (SSSR count). The van der Waals surface area contributed by atoms with Crippen LogP contribution in [0.5, 0.6) is 5.75 Å². The maximum Gasteiger partial charge on any atom is 0.178 e. The van der Waals surface area contributed by atoms with E-state index in [-0.39, 0.29) is 16.2 Å². The third kappa shape index (κ3) is 4.73. The van der Waals surface area contributed by atoms with Crippen LogP contribution in [0.1, 0.15) is 99.6 Å². The molecular weight excluding hydrogens is 595 g/mol. The molecule has 0 amide bonds. The number of hydrogen-bond donors (Lipinski definition) is 0. The Balaban J connectivity index is 1.30. The van der Waals surface area contributed by atoms with Crippen LogP contribution in [-0.4, -0.2) is 13.1 Å². The molecule has 248 valence electrons. The number of rotatable bonds is 3. The van der Waals surface area contributed by atoms with Gasteiger partial charge in [0.05, 0.1) is 0 Å². The predicted molar refractivity (Wildman–Crippen MR) is 206 cm³/mol. The van der Waals surface area contributed by atoms with Crippen LogP contribution in [-0.2, 0) is 11.0 Å². The molecule has 1 saturated carbocycles. The molecule has 5 aromatic carbocycles. The van der Waals surface area contributed by atoms with E-state index in [0.29, 0.717) is 0 Å². The first kappa shape index (κ1) is 30.7. The molecule has 1 spiro atoms. The fraction of sp³-hybridized carbons (Fsp3) is 0.362. The summed E-state index contributed by atoms with van der Waals surface area (Å²) in [6.45, 7) is 14.5. The molecule has 2 aliphatic carbocycles. The van der Waals surface area contributed by atoms with Crippen molar-refractivity contribution in [1.29, 1.82) is 0 Å². The Kier molecular flexibility index (Phi) is 6.81. The lowest BCUT2D eigenvalue weighted by molar-refractivity contribution is 0.0641. The van der Waals surface area contributed by atoms with Crippen LogP contribution in [0.3, 0.4) is 0 Å². The Labute approximate surface area is 292 Å². The van der Waals surface area contributed by atoms with Gasteiger partial charge in [0.25, 0.3) is 0 Å². The van der Waals surface area contributed by atoms with Crippen LogP contribution in [0.15, 0.2) is 103 Å². The summed E-state index contributed by atoms with van der Waals surface area (Å²) < 4.78 is 7.68. The lowest BCUT2D eigenvalue weighted by Crippen LogP contribution is -2.44. The first-order valence-corrected chi connectivity index (χ1v) is 18.6. The van der Waals surface area contributed by atoms with Crippen molar-refractivity contribution in [3.63, 3.8) is 0 Å². The highest BCUT2D eigenvalue weighted by Crippen LogP contribution is 2.67. The molecule has 5 aromatic rings. The van der Waals surface area contributed by atoms with Gasteiger partial charge in [-0.3, -0.25) is 0 Å². The maximum atomic E-state index is 7.68. The molecule has 0 bridgehead atoms. The van der Waals surface area contributed by atoms with E-state index < -0.39 is 5.60 Å². The third-order valence-corrected chi connectivity index (χ3v) is 12.1. The highest BCUT2D eigenvalue weighted by atomic mass is 16.5. The minimum atomic E-state index is -0.744. The van der Waals surface area contributed by atoms with E-state index in [4.69, 9.17) is 4.74 Å². The first-order valence-electron chi connectivity index (χ1n) is 18.6. The molecular formula is C47H49NO. The van der Waals surface area contributed by atoms with E-state index >= 15 is 0 Å². The average Bonchev–Trinajstić information content (AvgIpc) is 3.35. The van der Waals surface area contributed by atoms with Gasteiger partial charge >= 0.3 is 0 Å². The normalized spacial score (nSPS) is 22.8. The van der Waals surface area contributed by atoms with Crippen molar-refractivity contribution < 1.29 is 4.74 Å². The second-order valence-corrected chi connectivity index (χ2v) is 17.2. The number of fused-ring (bicyclic) bond motifs is 10. The molecule has 2 fully saturated rings. The highest BCUT2D eigenvalue weighted by molar-refractivity contribution is 6.08. The molecule has 0 N–H and O–H groups in total. The van der Waals surface area contributed by atoms with Gasteiger partial charge in [-0.05, 0) is 102 Å². The Bertz CT molecular complexity index is 2100. The SMILES string of the molecule is Cc1ccc2c(c1)C1(CC(C)(C)CC(C)(C)C1)c1c3c(c4ccccc4c1-2)OC(c1ccccc1)(c1ccc(N2CCCCC2)cc1)C=C3. The summed E-state index contributed by atoms with van der Waals surface area (Å²) in [5, 5.41) is 2.50. The van der Waals surface area contributed by atoms with E-state index in [1.165, 1.54) is 81.1 Å². The summed E-state index contributed by atoms with van der Waals surface area (Å²) >= 11 is 0. The summed E-state index contributed by atoms with van der Waals surface area (Å²) in [5.74, 6) is 1.02. The number of aryl methyl sites for hydroxylation is 1. The largest absolute Gasteiger partial charge is 0.472 e. The summed E-state index contributed by atoms with van der Waals surface area (Å²) in [4.78, 5) is 2.54. The van der Waals surface area contributed by atoms with Gasteiger partial charge in [-0.1, -0.05) is 124 Å². The zero-order valence-corrected chi connectivity index (χ0v) is 29.9. The van der Waals surface area contributed by atoms with Crippen molar-refractivity contribution in [3.05, 3.63) is 137 Å². The zero-order chi connectivity index (χ0) is 33.6. The Morgan fingerprint density at radius 2 is 1.31 bits per heavy atom. The van der Waals surface area contributed by atoms with Crippen molar-refractivity contribution in [2.75, 3.05) is 18.0 Å². The quantitative estimate of drug-likeness (QED) is 0.194. The van der Waals surface area contributed by atoms with Crippen LogP contribution >= 0.6 is 0 Å². The Morgan fingerprint density at radius 1 is 0.653 bits per heavy atom.